The average Bonchev–Trinajstić information content (AvgIpc) is 3.07. The second-order valence-corrected chi connectivity index (χ2v) is 7.00. The van der Waals surface area contributed by atoms with Gasteiger partial charge in [-0.3, -0.25) is 0 Å². The first kappa shape index (κ1) is 14.6. The Hall–Kier alpha value is -1.32. The van der Waals surface area contributed by atoms with Crippen molar-refractivity contribution < 1.29 is 0 Å². The number of hydrogen-bond donors (Lipinski definition) is 2. The molecule has 1 aromatic heterocycles. The summed E-state index contributed by atoms with van der Waals surface area (Å²) >= 11 is 0. The van der Waals surface area contributed by atoms with Crippen LogP contribution < -0.4 is 10.6 Å². The third-order valence-corrected chi connectivity index (χ3v) is 4.89. The molecule has 116 valence electrons. The van der Waals surface area contributed by atoms with Crippen molar-refractivity contribution >= 4 is 11.6 Å². The number of hydrogen-bond acceptors (Lipinski definition) is 4. The Labute approximate surface area is 128 Å². The lowest BCUT2D eigenvalue weighted by Gasteiger charge is -2.24. The molecule has 0 aromatic carbocycles. The van der Waals surface area contributed by atoms with Gasteiger partial charge in [-0.05, 0) is 37.5 Å². The van der Waals surface area contributed by atoms with Gasteiger partial charge in [0.25, 0.3) is 0 Å². The number of anilines is 2. The molecule has 0 aliphatic heterocycles. The topological polar surface area (TPSA) is 49.8 Å². The maximum absolute atomic E-state index is 4.73. The summed E-state index contributed by atoms with van der Waals surface area (Å²) in [5.41, 5.74) is 0. The van der Waals surface area contributed by atoms with Crippen LogP contribution in [0.15, 0.2) is 6.07 Å². The van der Waals surface area contributed by atoms with Gasteiger partial charge in [-0.2, -0.15) is 0 Å². The van der Waals surface area contributed by atoms with Crippen LogP contribution in [0.5, 0.6) is 0 Å². The Morgan fingerprint density at radius 2 is 2.00 bits per heavy atom. The molecule has 0 saturated heterocycles. The predicted molar refractivity (Wildman–Crippen MR) is 87.8 cm³/mol. The Morgan fingerprint density at radius 1 is 1.19 bits per heavy atom. The Bertz CT molecular complexity index is 486. The minimum absolute atomic E-state index is 0.356. The Morgan fingerprint density at radius 3 is 2.62 bits per heavy atom. The molecule has 1 aromatic rings. The zero-order chi connectivity index (χ0) is 14.8. The first-order valence-corrected chi connectivity index (χ1v) is 8.55. The van der Waals surface area contributed by atoms with Crippen LogP contribution in [0, 0.1) is 11.8 Å². The zero-order valence-electron chi connectivity index (χ0n) is 13.5. The molecule has 2 N–H and O–H groups in total. The van der Waals surface area contributed by atoms with Crippen molar-refractivity contribution in [3.63, 3.8) is 0 Å². The standard InChI is InChI=1S/C17H28N4/c1-4-7-18-15-10-16(21-17(20-15)11(2)3)19-14-9-12-5-6-13(14)8-12/h10-14H,4-9H2,1-3H3,(H2,18,19,20,21). The molecule has 1 heterocycles. The van der Waals surface area contributed by atoms with Crippen LogP contribution >= 0.6 is 0 Å². The highest BCUT2D eigenvalue weighted by molar-refractivity contribution is 5.48. The normalized spacial score (nSPS) is 27.3. The van der Waals surface area contributed by atoms with Crippen molar-refractivity contribution in [2.45, 2.75) is 64.8 Å². The number of fused-ring (bicyclic) bond motifs is 2. The third kappa shape index (κ3) is 3.30. The molecule has 3 rings (SSSR count). The van der Waals surface area contributed by atoms with Gasteiger partial charge in [-0.1, -0.05) is 27.2 Å². The highest BCUT2D eigenvalue weighted by Crippen LogP contribution is 2.45. The van der Waals surface area contributed by atoms with Gasteiger partial charge in [-0.25, -0.2) is 9.97 Å². The van der Waals surface area contributed by atoms with E-state index in [2.05, 4.69) is 42.5 Å². The molecule has 2 fully saturated rings. The molecular formula is C17H28N4. The molecule has 4 nitrogen and oxygen atoms in total. The van der Waals surface area contributed by atoms with Crippen LogP contribution in [0.4, 0.5) is 11.6 Å². The van der Waals surface area contributed by atoms with Crippen LogP contribution in [-0.2, 0) is 0 Å². The second kappa shape index (κ2) is 6.20. The summed E-state index contributed by atoms with van der Waals surface area (Å²) in [7, 11) is 0. The van der Waals surface area contributed by atoms with E-state index in [4.69, 9.17) is 4.98 Å². The lowest BCUT2D eigenvalue weighted by molar-refractivity contribution is 0.438. The first-order valence-electron chi connectivity index (χ1n) is 8.55. The van der Waals surface area contributed by atoms with Gasteiger partial charge in [-0.15, -0.1) is 0 Å². The van der Waals surface area contributed by atoms with E-state index in [9.17, 15) is 0 Å². The van der Waals surface area contributed by atoms with Crippen LogP contribution in [0.2, 0.25) is 0 Å². The molecule has 2 aliphatic carbocycles. The minimum Gasteiger partial charge on any atom is -0.370 e. The van der Waals surface area contributed by atoms with E-state index < -0.39 is 0 Å². The molecule has 2 aliphatic rings. The summed E-state index contributed by atoms with van der Waals surface area (Å²) in [5, 5.41) is 7.09. The summed E-state index contributed by atoms with van der Waals surface area (Å²) in [5.74, 6) is 5.07. The van der Waals surface area contributed by atoms with Crippen molar-refractivity contribution in [3.8, 4) is 0 Å². The monoisotopic (exact) mass is 288 g/mol. The highest BCUT2D eigenvalue weighted by Gasteiger charge is 2.39. The van der Waals surface area contributed by atoms with Gasteiger partial charge >= 0.3 is 0 Å². The fourth-order valence-electron chi connectivity index (χ4n) is 3.75. The molecule has 0 spiro atoms. The van der Waals surface area contributed by atoms with Gasteiger partial charge in [0.15, 0.2) is 0 Å². The quantitative estimate of drug-likeness (QED) is 0.830. The van der Waals surface area contributed by atoms with E-state index >= 15 is 0 Å². The van der Waals surface area contributed by atoms with Crippen molar-refractivity contribution in [3.05, 3.63) is 11.9 Å². The summed E-state index contributed by atoms with van der Waals surface area (Å²) < 4.78 is 0. The van der Waals surface area contributed by atoms with Crippen molar-refractivity contribution in [1.82, 2.24) is 9.97 Å². The van der Waals surface area contributed by atoms with Gasteiger partial charge in [0.2, 0.25) is 0 Å². The number of aromatic nitrogens is 2. The Kier molecular flexibility index (Phi) is 4.32. The zero-order valence-corrected chi connectivity index (χ0v) is 13.5. The first-order chi connectivity index (χ1) is 10.2. The molecule has 3 atom stereocenters. The molecule has 2 saturated carbocycles. The Balaban J connectivity index is 1.75. The van der Waals surface area contributed by atoms with Gasteiger partial charge in [0, 0.05) is 24.6 Å². The van der Waals surface area contributed by atoms with Gasteiger partial charge in [0.1, 0.15) is 17.5 Å². The maximum Gasteiger partial charge on any atom is 0.135 e. The van der Waals surface area contributed by atoms with Crippen LogP contribution in [-0.4, -0.2) is 22.6 Å². The van der Waals surface area contributed by atoms with Crippen molar-refractivity contribution in [2.24, 2.45) is 11.8 Å². The molecule has 21 heavy (non-hydrogen) atoms. The summed E-state index contributed by atoms with van der Waals surface area (Å²) in [6, 6.07) is 2.70. The minimum atomic E-state index is 0.356. The third-order valence-electron chi connectivity index (χ3n) is 4.89. The van der Waals surface area contributed by atoms with E-state index in [-0.39, 0.29) is 0 Å². The van der Waals surface area contributed by atoms with Gasteiger partial charge < -0.3 is 10.6 Å². The fourth-order valence-corrected chi connectivity index (χ4v) is 3.75. The van der Waals surface area contributed by atoms with Crippen LogP contribution in [0.25, 0.3) is 0 Å². The van der Waals surface area contributed by atoms with Crippen molar-refractivity contribution in [1.29, 1.82) is 0 Å². The lowest BCUT2D eigenvalue weighted by atomic mass is 9.95. The molecule has 2 bridgehead atoms. The molecule has 0 radical (unpaired) electrons. The van der Waals surface area contributed by atoms with Crippen molar-refractivity contribution in [2.75, 3.05) is 17.2 Å². The van der Waals surface area contributed by atoms with E-state index in [0.29, 0.717) is 12.0 Å². The second-order valence-electron chi connectivity index (χ2n) is 7.00. The van der Waals surface area contributed by atoms with E-state index in [1.165, 1.54) is 25.7 Å². The molecule has 0 amide bonds. The molecular weight excluding hydrogens is 260 g/mol. The SMILES string of the molecule is CCCNc1cc(NC2CC3CCC2C3)nc(C(C)C)n1. The van der Waals surface area contributed by atoms with E-state index in [1.807, 2.05) is 0 Å². The predicted octanol–water partition coefficient (Wildman–Crippen LogP) is 4.02. The smallest absolute Gasteiger partial charge is 0.135 e. The average molecular weight is 288 g/mol. The summed E-state index contributed by atoms with van der Waals surface area (Å²) in [6.45, 7) is 7.44. The largest absolute Gasteiger partial charge is 0.370 e. The number of rotatable bonds is 6. The molecule has 3 unspecified atom stereocenters. The van der Waals surface area contributed by atoms with E-state index in [0.717, 1.165) is 42.3 Å². The number of nitrogens with zero attached hydrogens (tertiary/aromatic N) is 2. The summed E-state index contributed by atoms with van der Waals surface area (Å²) in [4.78, 5) is 9.36. The summed E-state index contributed by atoms with van der Waals surface area (Å²) in [6.07, 6.45) is 6.68. The van der Waals surface area contributed by atoms with Gasteiger partial charge in [0.05, 0.1) is 0 Å². The van der Waals surface area contributed by atoms with E-state index in [1.54, 1.807) is 0 Å². The van der Waals surface area contributed by atoms with Crippen LogP contribution in [0.3, 0.4) is 0 Å². The fraction of sp³-hybridized carbons (Fsp3) is 0.765. The highest BCUT2D eigenvalue weighted by atomic mass is 15.1. The molecule has 4 heteroatoms. The van der Waals surface area contributed by atoms with Crippen LogP contribution in [0.1, 0.15) is 64.6 Å². The number of nitrogens with one attached hydrogen (secondary N) is 2. The maximum atomic E-state index is 4.73. The lowest BCUT2D eigenvalue weighted by Crippen LogP contribution is -2.26.